The first-order valence-electron chi connectivity index (χ1n) is 6.60. The Balaban J connectivity index is 1.74. The van der Waals surface area contributed by atoms with Gasteiger partial charge in [-0.1, -0.05) is 15.9 Å². The molecular formula is C15H14BrN3O. The molecule has 1 aliphatic carbocycles. The van der Waals surface area contributed by atoms with E-state index in [0.29, 0.717) is 12.2 Å². The topological polar surface area (TPSA) is 61.7 Å². The Kier molecular flexibility index (Phi) is 3.86. The van der Waals surface area contributed by atoms with Crippen molar-refractivity contribution in [3.05, 3.63) is 51.3 Å². The molecular weight excluding hydrogens is 318 g/mol. The van der Waals surface area contributed by atoms with E-state index < -0.39 is 0 Å². The Morgan fingerprint density at radius 3 is 3.25 bits per heavy atom. The maximum absolute atomic E-state index is 8.95. The molecule has 102 valence electrons. The molecule has 0 amide bonds. The average molecular weight is 332 g/mol. The molecule has 1 heterocycles. The minimum Gasteiger partial charge on any atom is -0.367 e. The molecule has 1 atom stereocenters. The molecule has 0 fully saturated rings. The molecule has 0 saturated heterocycles. The monoisotopic (exact) mass is 331 g/mol. The molecule has 4 nitrogen and oxygen atoms in total. The predicted molar refractivity (Wildman–Crippen MR) is 77.9 cm³/mol. The lowest BCUT2D eigenvalue weighted by Gasteiger charge is -2.22. The molecule has 1 aromatic heterocycles. The fourth-order valence-electron chi connectivity index (χ4n) is 2.53. The Morgan fingerprint density at radius 2 is 2.40 bits per heavy atom. The van der Waals surface area contributed by atoms with Gasteiger partial charge in [-0.2, -0.15) is 10.4 Å². The van der Waals surface area contributed by atoms with Crippen LogP contribution in [0.5, 0.6) is 0 Å². The van der Waals surface area contributed by atoms with E-state index in [0.717, 1.165) is 35.0 Å². The van der Waals surface area contributed by atoms with Crippen molar-refractivity contribution < 1.29 is 4.74 Å². The number of hydrogen-bond donors (Lipinski definition) is 1. The third-order valence-electron chi connectivity index (χ3n) is 3.60. The normalized spacial score (nSPS) is 17.5. The van der Waals surface area contributed by atoms with Crippen LogP contribution in [0.3, 0.4) is 0 Å². The lowest BCUT2D eigenvalue weighted by molar-refractivity contribution is 0.0252. The van der Waals surface area contributed by atoms with Crippen molar-refractivity contribution in [2.75, 3.05) is 0 Å². The van der Waals surface area contributed by atoms with E-state index in [1.54, 1.807) is 6.07 Å². The largest absolute Gasteiger partial charge is 0.367 e. The second-order valence-corrected chi connectivity index (χ2v) is 5.77. The van der Waals surface area contributed by atoms with Gasteiger partial charge in [-0.05, 0) is 48.6 Å². The summed E-state index contributed by atoms with van der Waals surface area (Å²) >= 11 is 3.50. The third kappa shape index (κ3) is 2.62. The average Bonchev–Trinajstić information content (AvgIpc) is 2.95. The standard InChI is InChI=1S/C15H14BrN3O/c16-13-5-4-10(7-17)6-12(13)9-20-14-3-1-2-11-8-18-19-15(11)14/h4-6,8,14H,1-3,9H2,(H,18,19)/t14-/m1/s1. The Labute approximate surface area is 125 Å². The maximum atomic E-state index is 8.95. The molecule has 2 aromatic rings. The highest BCUT2D eigenvalue weighted by atomic mass is 79.9. The second kappa shape index (κ2) is 5.78. The molecule has 0 unspecified atom stereocenters. The van der Waals surface area contributed by atoms with Gasteiger partial charge in [0.15, 0.2) is 0 Å². The van der Waals surface area contributed by atoms with E-state index >= 15 is 0 Å². The zero-order valence-electron chi connectivity index (χ0n) is 10.9. The first-order chi connectivity index (χ1) is 9.78. The van der Waals surface area contributed by atoms with Crippen molar-refractivity contribution >= 4 is 15.9 Å². The molecule has 20 heavy (non-hydrogen) atoms. The van der Waals surface area contributed by atoms with Gasteiger partial charge in [0.05, 0.1) is 36.2 Å². The Hall–Kier alpha value is -1.64. The van der Waals surface area contributed by atoms with Gasteiger partial charge in [0.25, 0.3) is 0 Å². The number of aromatic amines is 1. The Morgan fingerprint density at radius 1 is 1.50 bits per heavy atom. The number of H-pyrrole nitrogens is 1. The highest BCUT2D eigenvalue weighted by Crippen LogP contribution is 2.32. The second-order valence-electron chi connectivity index (χ2n) is 4.92. The number of hydrogen-bond acceptors (Lipinski definition) is 3. The van der Waals surface area contributed by atoms with Crippen LogP contribution in [-0.2, 0) is 17.8 Å². The van der Waals surface area contributed by atoms with Crippen molar-refractivity contribution in [1.29, 1.82) is 5.26 Å². The summed E-state index contributed by atoms with van der Waals surface area (Å²) in [5.74, 6) is 0. The first-order valence-corrected chi connectivity index (χ1v) is 7.39. The minimum atomic E-state index is 0.0684. The lowest BCUT2D eigenvalue weighted by Crippen LogP contribution is -2.12. The first kappa shape index (κ1) is 13.3. The molecule has 0 saturated carbocycles. The van der Waals surface area contributed by atoms with Crippen molar-refractivity contribution in [2.45, 2.75) is 32.0 Å². The number of fused-ring (bicyclic) bond motifs is 1. The number of nitrogens with zero attached hydrogens (tertiary/aromatic N) is 2. The van der Waals surface area contributed by atoms with E-state index in [9.17, 15) is 0 Å². The van der Waals surface area contributed by atoms with E-state index in [1.807, 2.05) is 18.3 Å². The summed E-state index contributed by atoms with van der Waals surface area (Å²) in [7, 11) is 0. The summed E-state index contributed by atoms with van der Waals surface area (Å²) < 4.78 is 6.99. The number of halogens is 1. The van der Waals surface area contributed by atoms with Gasteiger partial charge in [-0.3, -0.25) is 5.10 Å². The van der Waals surface area contributed by atoms with Gasteiger partial charge >= 0.3 is 0 Å². The molecule has 0 radical (unpaired) electrons. The number of nitrogens with one attached hydrogen (secondary N) is 1. The number of benzene rings is 1. The molecule has 5 heteroatoms. The fourth-order valence-corrected chi connectivity index (χ4v) is 2.89. The van der Waals surface area contributed by atoms with E-state index in [4.69, 9.17) is 10.00 Å². The third-order valence-corrected chi connectivity index (χ3v) is 4.37. The van der Waals surface area contributed by atoms with Gasteiger partial charge in [-0.25, -0.2) is 0 Å². The van der Waals surface area contributed by atoms with Crippen molar-refractivity contribution in [1.82, 2.24) is 10.2 Å². The predicted octanol–water partition coefficient (Wildman–Crippen LogP) is 3.64. The van der Waals surface area contributed by atoms with E-state index in [-0.39, 0.29) is 6.10 Å². The fraction of sp³-hybridized carbons (Fsp3) is 0.333. The highest BCUT2D eigenvalue weighted by Gasteiger charge is 2.22. The summed E-state index contributed by atoms with van der Waals surface area (Å²) in [4.78, 5) is 0. The van der Waals surface area contributed by atoms with E-state index in [1.165, 1.54) is 5.56 Å². The zero-order valence-corrected chi connectivity index (χ0v) is 12.5. The summed E-state index contributed by atoms with van der Waals surface area (Å²) in [5.41, 5.74) is 4.00. The highest BCUT2D eigenvalue weighted by molar-refractivity contribution is 9.10. The molecule has 3 rings (SSSR count). The van der Waals surface area contributed by atoms with Crippen LogP contribution in [0.25, 0.3) is 0 Å². The number of rotatable bonds is 3. The van der Waals surface area contributed by atoms with Crippen LogP contribution in [0.15, 0.2) is 28.9 Å². The van der Waals surface area contributed by atoms with Crippen molar-refractivity contribution in [3.63, 3.8) is 0 Å². The quantitative estimate of drug-likeness (QED) is 0.933. The zero-order chi connectivity index (χ0) is 13.9. The minimum absolute atomic E-state index is 0.0684. The molecule has 1 aromatic carbocycles. The summed E-state index contributed by atoms with van der Waals surface area (Å²) in [6, 6.07) is 7.69. The molecule has 0 aliphatic heterocycles. The van der Waals surface area contributed by atoms with E-state index in [2.05, 4.69) is 32.2 Å². The molecule has 1 aliphatic rings. The van der Waals surface area contributed by atoms with Crippen molar-refractivity contribution in [2.24, 2.45) is 0 Å². The van der Waals surface area contributed by atoms with Gasteiger partial charge in [-0.15, -0.1) is 0 Å². The van der Waals surface area contributed by atoms with Crippen LogP contribution < -0.4 is 0 Å². The smallest absolute Gasteiger partial charge is 0.0996 e. The van der Waals surface area contributed by atoms with Crippen LogP contribution >= 0.6 is 15.9 Å². The van der Waals surface area contributed by atoms with Crippen LogP contribution in [0.4, 0.5) is 0 Å². The Bertz CT molecular complexity index is 659. The summed E-state index contributed by atoms with van der Waals surface area (Å²) in [6.07, 6.45) is 5.15. The SMILES string of the molecule is N#Cc1ccc(Br)c(CO[C@@H]2CCCc3cn[nH]c32)c1. The van der Waals surface area contributed by atoms with Crippen LogP contribution in [-0.4, -0.2) is 10.2 Å². The van der Waals surface area contributed by atoms with Crippen LogP contribution in [0, 0.1) is 11.3 Å². The number of nitriles is 1. The van der Waals surface area contributed by atoms with Gasteiger partial charge < -0.3 is 4.74 Å². The van der Waals surface area contributed by atoms with Gasteiger partial charge in [0, 0.05) is 4.47 Å². The van der Waals surface area contributed by atoms with Crippen molar-refractivity contribution in [3.8, 4) is 6.07 Å². The van der Waals surface area contributed by atoms with Gasteiger partial charge in [0.1, 0.15) is 0 Å². The lowest BCUT2D eigenvalue weighted by atomic mass is 9.96. The number of aryl methyl sites for hydroxylation is 1. The molecule has 0 spiro atoms. The molecule has 1 N–H and O–H groups in total. The number of ether oxygens (including phenoxy) is 1. The summed E-state index contributed by atoms with van der Waals surface area (Å²) in [5, 5.41) is 16.1. The summed E-state index contributed by atoms with van der Waals surface area (Å²) in [6.45, 7) is 0.485. The van der Waals surface area contributed by atoms with Gasteiger partial charge in [0.2, 0.25) is 0 Å². The van der Waals surface area contributed by atoms with Crippen LogP contribution in [0.2, 0.25) is 0 Å². The maximum Gasteiger partial charge on any atom is 0.0996 e. The number of aromatic nitrogens is 2. The molecule has 0 bridgehead atoms. The van der Waals surface area contributed by atoms with Crippen LogP contribution in [0.1, 0.15) is 41.3 Å².